The van der Waals surface area contributed by atoms with Crippen LogP contribution in [0.4, 0.5) is 31.1 Å². The molecule has 0 aromatic heterocycles. The molecular weight excluding hydrogens is 488 g/mol. The van der Waals surface area contributed by atoms with Gasteiger partial charge in [0, 0.05) is 6.42 Å². The number of carbonyl (C=O) groups excluding carboxylic acids is 2. The average molecular weight is 509 g/mol. The Kier molecular flexibility index (Phi) is 6.72. The number of benzene rings is 3. The van der Waals surface area contributed by atoms with Crippen LogP contribution in [0.1, 0.15) is 48.1 Å². The number of halogens is 6. The quantitative estimate of drug-likeness (QED) is 0.339. The molecule has 0 spiro atoms. The molecule has 4 rings (SSSR count). The lowest BCUT2D eigenvalue weighted by Gasteiger charge is -2.21. The fourth-order valence-corrected chi connectivity index (χ4v) is 4.45. The van der Waals surface area contributed by atoms with Crippen LogP contribution in [0.2, 0.25) is 0 Å². The van der Waals surface area contributed by atoms with Gasteiger partial charge in [-0.15, -0.1) is 0 Å². The first-order valence-electron chi connectivity index (χ1n) is 11.1. The molecule has 2 amide bonds. The second-order valence-corrected chi connectivity index (χ2v) is 8.64. The lowest BCUT2D eigenvalue weighted by atomic mass is 9.97. The number of nitrogens with zero attached hydrogens (tertiary/aromatic N) is 1. The second kappa shape index (κ2) is 9.48. The minimum absolute atomic E-state index is 0.00114. The number of fused-ring (bicyclic) bond motifs is 1. The van der Waals surface area contributed by atoms with Crippen molar-refractivity contribution < 1.29 is 40.7 Å². The highest BCUT2D eigenvalue weighted by Gasteiger charge is 2.45. The molecule has 4 nitrogen and oxygen atoms in total. The molecule has 0 saturated carbocycles. The topological polar surface area (TPSA) is 46.6 Å². The normalized spacial score (nSPS) is 18.5. The number of hydrogen-bond donors (Lipinski definition) is 0. The summed E-state index contributed by atoms with van der Waals surface area (Å²) in [6, 6.07) is 13.5. The number of cyclic esters (lactones) is 1. The number of amides is 2. The Morgan fingerprint density at radius 1 is 0.917 bits per heavy atom. The van der Waals surface area contributed by atoms with Gasteiger partial charge in [0.2, 0.25) is 5.91 Å². The van der Waals surface area contributed by atoms with Crippen molar-refractivity contribution in [3.63, 3.8) is 0 Å². The van der Waals surface area contributed by atoms with Crippen LogP contribution in [0.25, 0.3) is 10.8 Å². The second-order valence-electron chi connectivity index (χ2n) is 8.64. The third kappa shape index (κ3) is 5.17. The van der Waals surface area contributed by atoms with Gasteiger partial charge in [0.1, 0.15) is 6.10 Å². The molecule has 3 aromatic rings. The predicted molar refractivity (Wildman–Crippen MR) is 119 cm³/mol. The molecule has 10 heteroatoms. The van der Waals surface area contributed by atoms with Crippen LogP contribution in [0, 0.1) is 0 Å². The molecule has 190 valence electrons. The van der Waals surface area contributed by atoms with Crippen LogP contribution in [0.5, 0.6) is 0 Å². The molecule has 0 bridgehead atoms. The summed E-state index contributed by atoms with van der Waals surface area (Å²) in [6.07, 6.45) is -11.8. The largest absolute Gasteiger partial charge is 0.439 e. The van der Waals surface area contributed by atoms with E-state index in [1.165, 1.54) is 6.92 Å². The van der Waals surface area contributed by atoms with E-state index < -0.39 is 53.2 Å². The van der Waals surface area contributed by atoms with E-state index in [4.69, 9.17) is 4.74 Å². The van der Waals surface area contributed by atoms with Crippen LogP contribution < -0.4 is 0 Å². The van der Waals surface area contributed by atoms with Crippen molar-refractivity contribution in [2.24, 2.45) is 0 Å². The van der Waals surface area contributed by atoms with Gasteiger partial charge in [-0.05, 0) is 59.9 Å². The van der Waals surface area contributed by atoms with E-state index in [1.807, 2.05) is 42.5 Å². The zero-order valence-electron chi connectivity index (χ0n) is 19.0. The molecule has 0 radical (unpaired) electrons. The fourth-order valence-electron chi connectivity index (χ4n) is 4.45. The van der Waals surface area contributed by atoms with Crippen LogP contribution in [-0.2, 0) is 28.3 Å². The van der Waals surface area contributed by atoms with E-state index in [1.54, 1.807) is 0 Å². The lowest BCUT2D eigenvalue weighted by Crippen LogP contribution is -2.37. The molecule has 0 unspecified atom stereocenters. The SMILES string of the molecule is C[C@H]1[C@@H](c2cc(C(F)(F)F)cc(C(F)(F)F)c2)OC(=O)N1C(=O)CCCc1cccc2ccccc12. The van der Waals surface area contributed by atoms with Gasteiger partial charge in [-0.3, -0.25) is 4.79 Å². The maximum absolute atomic E-state index is 13.2. The molecule has 36 heavy (non-hydrogen) atoms. The first-order chi connectivity index (χ1) is 16.9. The Labute approximate surface area is 202 Å². The molecule has 0 N–H and O–H groups in total. The van der Waals surface area contributed by atoms with E-state index >= 15 is 0 Å². The molecule has 3 aromatic carbocycles. The van der Waals surface area contributed by atoms with Gasteiger partial charge in [-0.2, -0.15) is 26.3 Å². The van der Waals surface area contributed by atoms with Crippen molar-refractivity contribution in [3.05, 3.63) is 82.9 Å². The Morgan fingerprint density at radius 3 is 2.17 bits per heavy atom. The Balaban J connectivity index is 1.50. The summed E-state index contributed by atoms with van der Waals surface area (Å²) in [6.45, 7) is 1.35. The van der Waals surface area contributed by atoms with Gasteiger partial charge < -0.3 is 4.74 Å². The Bertz CT molecular complexity index is 1260. The minimum atomic E-state index is -5.04. The third-order valence-electron chi connectivity index (χ3n) is 6.19. The molecule has 1 fully saturated rings. The first kappa shape index (κ1) is 25.5. The summed E-state index contributed by atoms with van der Waals surface area (Å²) in [5, 5.41) is 2.08. The van der Waals surface area contributed by atoms with Gasteiger partial charge in [0.15, 0.2) is 0 Å². The van der Waals surface area contributed by atoms with E-state index in [0.29, 0.717) is 25.0 Å². The van der Waals surface area contributed by atoms with E-state index in [-0.39, 0.29) is 12.5 Å². The minimum Gasteiger partial charge on any atom is -0.439 e. The smallest absolute Gasteiger partial charge is 0.417 e. The van der Waals surface area contributed by atoms with Gasteiger partial charge in [-0.25, -0.2) is 9.69 Å². The van der Waals surface area contributed by atoms with Gasteiger partial charge >= 0.3 is 18.4 Å². The number of hydrogen-bond acceptors (Lipinski definition) is 3. The van der Waals surface area contributed by atoms with Crippen molar-refractivity contribution in [3.8, 4) is 0 Å². The van der Waals surface area contributed by atoms with Crippen LogP contribution in [0.15, 0.2) is 60.7 Å². The lowest BCUT2D eigenvalue weighted by molar-refractivity contribution is -0.143. The standard InChI is InChI=1S/C26H21F6NO3/c1-15-23(18-12-19(25(27,28)29)14-20(13-18)26(30,31)32)36-24(35)33(15)22(34)11-5-9-17-8-4-7-16-6-2-3-10-21(16)17/h2-4,6-8,10,12-15,23H,5,9,11H2,1H3/t15-,23-/m0/s1. The maximum atomic E-state index is 13.2. The fraction of sp³-hybridized carbons (Fsp3) is 0.308. The van der Waals surface area contributed by atoms with E-state index in [9.17, 15) is 35.9 Å². The number of aryl methyl sites for hydroxylation is 1. The summed E-state index contributed by atoms with van der Waals surface area (Å²) < 4.78 is 84.5. The van der Waals surface area contributed by atoms with Crippen molar-refractivity contribution in [1.82, 2.24) is 4.90 Å². The molecule has 1 aliphatic heterocycles. The number of alkyl halides is 6. The average Bonchev–Trinajstić information content (AvgIpc) is 3.11. The molecule has 1 saturated heterocycles. The Hall–Kier alpha value is -3.56. The third-order valence-corrected chi connectivity index (χ3v) is 6.19. The molecule has 2 atom stereocenters. The van der Waals surface area contributed by atoms with Crippen LogP contribution >= 0.6 is 0 Å². The highest BCUT2D eigenvalue weighted by molar-refractivity contribution is 5.94. The molecule has 1 aliphatic rings. The summed E-state index contributed by atoms with van der Waals surface area (Å²) in [5.74, 6) is -0.613. The first-order valence-corrected chi connectivity index (χ1v) is 11.1. The summed E-state index contributed by atoms with van der Waals surface area (Å²) in [7, 11) is 0. The van der Waals surface area contributed by atoms with Gasteiger partial charge in [0.05, 0.1) is 17.2 Å². The summed E-state index contributed by atoms with van der Waals surface area (Å²) in [5.41, 5.74) is -2.51. The zero-order valence-corrected chi connectivity index (χ0v) is 19.0. The molecular formula is C26H21F6NO3. The van der Waals surface area contributed by atoms with Gasteiger partial charge in [-0.1, -0.05) is 42.5 Å². The van der Waals surface area contributed by atoms with Crippen molar-refractivity contribution in [1.29, 1.82) is 0 Å². The van der Waals surface area contributed by atoms with Gasteiger partial charge in [0.25, 0.3) is 0 Å². The van der Waals surface area contributed by atoms with Crippen LogP contribution in [-0.4, -0.2) is 22.9 Å². The Morgan fingerprint density at radius 2 is 1.53 bits per heavy atom. The number of carbonyl (C=O) groups is 2. The maximum Gasteiger partial charge on any atom is 0.417 e. The summed E-state index contributed by atoms with van der Waals surface area (Å²) >= 11 is 0. The van der Waals surface area contributed by atoms with E-state index in [2.05, 4.69) is 0 Å². The van der Waals surface area contributed by atoms with Crippen LogP contribution in [0.3, 0.4) is 0 Å². The number of ether oxygens (including phenoxy) is 1. The van der Waals surface area contributed by atoms with Crippen molar-refractivity contribution in [2.45, 2.75) is 50.7 Å². The predicted octanol–water partition coefficient (Wildman–Crippen LogP) is 7.31. The highest BCUT2D eigenvalue weighted by Crippen LogP contribution is 2.41. The number of imide groups is 1. The van der Waals surface area contributed by atoms with Crippen molar-refractivity contribution in [2.75, 3.05) is 0 Å². The molecule has 0 aliphatic carbocycles. The van der Waals surface area contributed by atoms with Crippen molar-refractivity contribution >= 4 is 22.8 Å². The monoisotopic (exact) mass is 509 g/mol. The number of rotatable bonds is 5. The molecule has 1 heterocycles. The zero-order chi connectivity index (χ0) is 26.3. The summed E-state index contributed by atoms with van der Waals surface area (Å²) in [4.78, 5) is 26.0. The van der Waals surface area contributed by atoms with E-state index in [0.717, 1.165) is 21.2 Å². The highest BCUT2D eigenvalue weighted by atomic mass is 19.4.